The zero-order valence-electron chi connectivity index (χ0n) is 6.42. The van der Waals surface area contributed by atoms with E-state index < -0.39 is 12.0 Å². The molecule has 0 aromatic heterocycles. The first-order valence-electron chi connectivity index (χ1n) is 3.61. The second-order valence-electron chi connectivity index (χ2n) is 2.34. The number of unbranched alkanes of at least 4 members (excludes halogenated alkanes) is 1. The predicted octanol–water partition coefficient (Wildman–Crippen LogP) is -0.968. The molecule has 66 valence electrons. The molecular formula is C6H15N3O2. The first kappa shape index (κ1) is 10.3. The highest BCUT2D eigenvalue weighted by Crippen LogP contribution is 1.98. The molecule has 0 aliphatic carbocycles. The zero-order chi connectivity index (χ0) is 8.69. The number of hydrogen-bond donors (Lipinski definition) is 4. The second-order valence-corrected chi connectivity index (χ2v) is 2.34. The first-order chi connectivity index (χ1) is 5.22. The molecule has 5 nitrogen and oxygen atoms in total. The van der Waals surface area contributed by atoms with Crippen LogP contribution >= 0.6 is 0 Å². The van der Waals surface area contributed by atoms with Crippen LogP contribution in [-0.4, -0.2) is 23.7 Å². The maximum Gasteiger partial charge on any atom is 0.322 e. The van der Waals surface area contributed by atoms with E-state index in [0.717, 1.165) is 12.8 Å². The van der Waals surface area contributed by atoms with Crippen LogP contribution in [-0.2, 0) is 4.79 Å². The Balaban J connectivity index is 3.44. The minimum Gasteiger partial charge on any atom is -0.480 e. The van der Waals surface area contributed by atoms with Crippen molar-refractivity contribution in [2.75, 3.05) is 6.54 Å². The Morgan fingerprint density at radius 3 is 2.55 bits per heavy atom. The summed E-state index contributed by atoms with van der Waals surface area (Å²) in [6.45, 7) is 0.594. The molecule has 0 aromatic rings. The smallest absolute Gasteiger partial charge is 0.322 e. The summed E-state index contributed by atoms with van der Waals surface area (Å²) in [6.07, 6.45) is 2.16. The van der Waals surface area contributed by atoms with Crippen LogP contribution in [0.25, 0.3) is 0 Å². The fourth-order valence-electron chi connectivity index (χ4n) is 0.771. The molecule has 6 N–H and O–H groups in total. The third kappa shape index (κ3) is 4.72. The van der Waals surface area contributed by atoms with Gasteiger partial charge in [0, 0.05) is 0 Å². The Hall–Kier alpha value is -0.650. The number of carboxylic acids is 1. The number of carbonyl (C=O) groups is 1. The maximum atomic E-state index is 10.4. The van der Waals surface area contributed by atoms with Gasteiger partial charge in [-0.3, -0.25) is 10.6 Å². The maximum absolute atomic E-state index is 10.4. The molecule has 0 heterocycles. The van der Waals surface area contributed by atoms with E-state index in [1.54, 1.807) is 0 Å². The van der Waals surface area contributed by atoms with E-state index in [2.05, 4.69) is 5.43 Å². The van der Waals surface area contributed by atoms with Crippen LogP contribution in [0.5, 0.6) is 0 Å². The van der Waals surface area contributed by atoms with Gasteiger partial charge in [0.2, 0.25) is 0 Å². The molecule has 0 bridgehead atoms. The van der Waals surface area contributed by atoms with E-state index in [9.17, 15) is 4.79 Å². The Kier molecular flexibility index (Phi) is 5.73. The van der Waals surface area contributed by atoms with Gasteiger partial charge in [-0.2, -0.15) is 0 Å². The van der Waals surface area contributed by atoms with E-state index >= 15 is 0 Å². The number of carboxylic acid groups (broad SMARTS) is 1. The van der Waals surface area contributed by atoms with Gasteiger partial charge in [-0.15, -0.1) is 0 Å². The van der Waals surface area contributed by atoms with Crippen molar-refractivity contribution in [1.29, 1.82) is 0 Å². The van der Waals surface area contributed by atoms with Crippen LogP contribution in [0, 0.1) is 0 Å². The van der Waals surface area contributed by atoms with Gasteiger partial charge >= 0.3 is 5.97 Å². The molecule has 0 saturated heterocycles. The Labute approximate surface area is 65.7 Å². The molecule has 1 atom stereocenters. The van der Waals surface area contributed by atoms with Crippen molar-refractivity contribution in [1.82, 2.24) is 5.43 Å². The highest BCUT2D eigenvalue weighted by Gasteiger charge is 2.13. The van der Waals surface area contributed by atoms with Crippen molar-refractivity contribution in [3.05, 3.63) is 0 Å². The van der Waals surface area contributed by atoms with Crippen LogP contribution in [0.1, 0.15) is 19.3 Å². The molecule has 0 unspecified atom stereocenters. The van der Waals surface area contributed by atoms with Crippen molar-refractivity contribution < 1.29 is 9.90 Å². The average molecular weight is 161 g/mol. The SMILES string of the molecule is NCCCC[C@@H](NN)C(=O)O. The number of hydrazine groups is 1. The van der Waals surface area contributed by atoms with Gasteiger partial charge in [0.05, 0.1) is 0 Å². The van der Waals surface area contributed by atoms with Crippen LogP contribution < -0.4 is 17.0 Å². The first-order valence-corrected chi connectivity index (χ1v) is 3.61. The normalized spacial score (nSPS) is 12.9. The summed E-state index contributed by atoms with van der Waals surface area (Å²) < 4.78 is 0. The van der Waals surface area contributed by atoms with E-state index in [0.29, 0.717) is 13.0 Å². The van der Waals surface area contributed by atoms with Crippen molar-refractivity contribution in [2.45, 2.75) is 25.3 Å². The average Bonchev–Trinajstić information content (AvgIpc) is 1.97. The number of nitrogens with two attached hydrogens (primary N) is 2. The van der Waals surface area contributed by atoms with Gasteiger partial charge in [0.15, 0.2) is 0 Å². The van der Waals surface area contributed by atoms with Gasteiger partial charge in [0.1, 0.15) is 6.04 Å². The molecule has 0 aliphatic heterocycles. The Morgan fingerprint density at radius 2 is 2.18 bits per heavy atom. The lowest BCUT2D eigenvalue weighted by molar-refractivity contribution is -0.139. The lowest BCUT2D eigenvalue weighted by Crippen LogP contribution is -2.41. The third-order valence-electron chi connectivity index (χ3n) is 1.45. The summed E-state index contributed by atoms with van der Waals surface area (Å²) in [4.78, 5) is 10.4. The minimum absolute atomic E-state index is 0.531. The quantitative estimate of drug-likeness (QED) is 0.228. The summed E-state index contributed by atoms with van der Waals surface area (Å²) in [5.74, 6) is 4.08. The van der Waals surface area contributed by atoms with Crippen molar-refractivity contribution in [3.63, 3.8) is 0 Å². The molecule has 0 amide bonds. The summed E-state index contributed by atoms with van der Waals surface area (Å²) in [7, 11) is 0. The molecule has 0 radical (unpaired) electrons. The zero-order valence-corrected chi connectivity index (χ0v) is 6.42. The third-order valence-corrected chi connectivity index (χ3v) is 1.45. The fourth-order valence-corrected chi connectivity index (χ4v) is 0.771. The Morgan fingerprint density at radius 1 is 1.55 bits per heavy atom. The molecule has 5 heteroatoms. The summed E-state index contributed by atoms with van der Waals surface area (Å²) in [6, 6.07) is -0.637. The second kappa shape index (κ2) is 6.09. The van der Waals surface area contributed by atoms with Crippen LogP contribution in [0.15, 0.2) is 0 Å². The lowest BCUT2D eigenvalue weighted by Gasteiger charge is -2.09. The monoisotopic (exact) mass is 161 g/mol. The summed E-state index contributed by atoms with van der Waals surface area (Å²) >= 11 is 0. The van der Waals surface area contributed by atoms with E-state index in [1.807, 2.05) is 0 Å². The molecule has 0 rings (SSSR count). The van der Waals surface area contributed by atoms with Crippen LogP contribution in [0.4, 0.5) is 0 Å². The Bertz CT molecular complexity index is 118. The largest absolute Gasteiger partial charge is 0.480 e. The van der Waals surface area contributed by atoms with Crippen molar-refractivity contribution >= 4 is 5.97 Å². The van der Waals surface area contributed by atoms with Crippen molar-refractivity contribution in [2.24, 2.45) is 11.6 Å². The van der Waals surface area contributed by atoms with Gasteiger partial charge in [-0.25, -0.2) is 5.43 Å². The molecule has 0 aromatic carbocycles. The number of nitrogens with one attached hydrogen (secondary N) is 1. The number of aliphatic carboxylic acids is 1. The highest BCUT2D eigenvalue weighted by molar-refractivity contribution is 5.73. The molecule has 11 heavy (non-hydrogen) atoms. The van der Waals surface area contributed by atoms with E-state index in [4.69, 9.17) is 16.7 Å². The molecule has 0 aliphatic rings. The molecule has 0 saturated carbocycles. The summed E-state index contributed by atoms with van der Waals surface area (Å²) in [5, 5.41) is 8.50. The standard InChI is InChI=1S/C6H15N3O2/c7-4-2-1-3-5(9-8)6(10)11/h5,9H,1-4,7-8H2,(H,10,11)/t5-/m1/s1. The molecule has 0 spiro atoms. The van der Waals surface area contributed by atoms with Crippen LogP contribution in [0.3, 0.4) is 0 Å². The van der Waals surface area contributed by atoms with Gasteiger partial charge < -0.3 is 10.8 Å². The van der Waals surface area contributed by atoms with E-state index in [1.165, 1.54) is 0 Å². The van der Waals surface area contributed by atoms with Gasteiger partial charge in [-0.05, 0) is 25.8 Å². The van der Waals surface area contributed by atoms with Gasteiger partial charge in [0.25, 0.3) is 0 Å². The highest BCUT2D eigenvalue weighted by atomic mass is 16.4. The molecular weight excluding hydrogens is 146 g/mol. The van der Waals surface area contributed by atoms with Crippen LogP contribution in [0.2, 0.25) is 0 Å². The topological polar surface area (TPSA) is 101 Å². The number of rotatable bonds is 6. The number of hydrogen-bond acceptors (Lipinski definition) is 4. The van der Waals surface area contributed by atoms with Gasteiger partial charge in [-0.1, -0.05) is 0 Å². The van der Waals surface area contributed by atoms with E-state index in [-0.39, 0.29) is 0 Å². The van der Waals surface area contributed by atoms with Crippen molar-refractivity contribution in [3.8, 4) is 0 Å². The molecule has 0 fully saturated rings. The summed E-state index contributed by atoms with van der Waals surface area (Å²) in [5.41, 5.74) is 7.45. The minimum atomic E-state index is -0.912. The fraction of sp³-hybridized carbons (Fsp3) is 0.833. The predicted molar refractivity (Wildman–Crippen MR) is 41.7 cm³/mol. The lowest BCUT2D eigenvalue weighted by atomic mass is 10.1.